The van der Waals surface area contributed by atoms with Gasteiger partial charge in [-0.25, -0.2) is 10.4 Å². The molecule has 0 aliphatic carbocycles. The third kappa shape index (κ3) is 7.57. The number of hydrazine groups is 1. The van der Waals surface area contributed by atoms with Crippen molar-refractivity contribution in [3.63, 3.8) is 0 Å². The lowest BCUT2D eigenvalue weighted by molar-refractivity contribution is -0.117. The minimum Gasteiger partial charge on any atom is -0.506 e. The van der Waals surface area contributed by atoms with Crippen LogP contribution < -0.4 is 10.4 Å². The molecule has 47 heavy (non-hydrogen) atoms. The summed E-state index contributed by atoms with van der Waals surface area (Å²) in [5.74, 6) is -1.72. The Balaban J connectivity index is 1.78. The lowest BCUT2D eigenvalue weighted by atomic mass is 10.1. The first kappa shape index (κ1) is 35.0. The van der Waals surface area contributed by atoms with Crippen LogP contribution >= 0.6 is 0 Å². The van der Waals surface area contributed by atoms with Gasteiger partial charge in [0.25, 0.3) is 30.4 Å². The standard InChI is InChI=1S/C26H24N6O12S3/c1-13-8-20(22(34)12-19(13)28-30-21-11-17(45(36,37)38)5-7-23(21)46(39,40)41)29-31-25-24(47(42,43)44)10-15-9-16(32(27-3)14(2)33)4-6-18(15)26(25)35/h4-12,27,34-35H,1-3H3,(H,36,37,38)(H,39,40,41)(H,42,43,44). The van der Waals surface area contributed by atoms with Crippen LogP contribution in [0, 0.1) is 6.92 Å². The number of azo groups is 2. The van der Waals surface area contributed by atoms with Crippen molar-refractivity contribution in [2.45, 2.75) is 28.5 Å². The molecule has 0 unspecified atom stereocenters. The van der Waals surface area contributed by atoms with Crippen LogP contribution in [0.4, 0.5) is 28.4 Å². The predicted molar refractivity (Wildman–Crippen MR) is 165 cm³/mol. The topological polar surface area (TPSA) is 285 Å². The summed E-state index contributed by atoms with van der Waals surface area (Å²) in [6.07, 6.45) is 0. The van der Waals surface area contributed by atoms with Crippen LogP contribution in [0.25, 0.3) is 10.8 Å². The lowest BCUT2D eigenvalue weighted by Crippen LogP contribution is -2.38. The molecule has 0 fully saturated rings. The highest BCUT2D eigenvalue weighted by Crippen LogP contribution is 2.43. The third-order valence-corrected chi connectivity index (χ3v) is 9.05. The molecule has 0 radical (unpaired) electrons. The number of hydrogen-bond donors (Lipinski definition) is 6. The van der Waals surface area contributed by atoms with Crippen LogP contribution in [0.5, 0.6) is 11.5 Å². The van der Waals surface area contributed by atoms with Crippen LogP contribution in [-0.4, -0.2) is 62.1 Å². The molecular formula is C26H24N6O12S3. The summed E-state index contributed by atoms with van der Waals surface area (Å²) in [7, 11) is -13.2. The Kier molecular flexibility index (Phi) is 9.46. The van der Waals surface area contributed by atoms with E-state index in [1.165, 1.54) is 45.2 Å². The Morgan fingerprint density at radius 1 is 0.723 bits per heavy atom. The molecule has 0 aliphatic heterocycles. The number of aromatic hydroxyl groups is 2. The van der Waals surface area contributed by atoms with Crippen molar-refractivity contribution in [1.29, 1.82) is 0 Å². The molecule has 0 saturated heterocycles. The molecule has 0 atom stereocenters. The van der Waals surface area contributed by atoms with Crippen LogP contribution in [0.2, 0.25) is 0 Å². The highest BCUT2D eigenvalue weighted by molar-refractivity contribution is 7.86. The average Bonchev–Trinajstić information content (AvgIpc) is 2.95. The smallest absolute Gasteiger partial charge is 0.296 e. The van der Waals surface area contributed by atoms with Crippen molar-refractivity contribution in [3.8, 4) is 11.5 Å². The first-order valence-corrected chi connectivity index (χ1v) is 17.1. The fraction of sp³-hybridized carbons (Fsp3) is 0.115. The number of rotatable bonds is 9. The van der Waals surface area contributed by atoms with Crippen molar-refractivity contribution in [2.24, 2.45) is 20.5 Å². The molecule has 0 aromatic heterocycles. The lowest BCUT2D eigenvalue weighted by Gasteiger charge is -2.20. The fourth-order valence-electron chi connectivity index (χ4n) is 4.26. The summed E-state index contributed by atoms with van der Waals surface area (Å²) < 4.78 is 99.6. The molecule has 4 aromatic carbocycles. The van der Waals surface area contributed by atoms with E-state index >= 15 is 0 Å². The summed E-state index contributed by atoms with van der Waals surface area (Å²) in [6, 6.07) is 9.44. The molecule has 0 saturated carbocycles. The van der Waals surface area contributed by atoms with Gasteiger partial charge in [0, 0.05) is 25.4 Å². The molecule has 0 bridgehead atoms. The molecule has 4 aromatic rings. The first-order valence-electron chi connectivity index (χ1n) is 12.7. The molecule has 4 rings (SSSR count). The number of anilines is 1. The maximum Gasteiger partial charge on any atom is 0.296 e. The third-order valence-electron chi connectivity index (χ3n) is 6.43. The molecule has 0 spiro atoms. The second kappa shape index (κ2) is 12.7. The summed E-state index contributed by atoms with van der Waals surface area (Å²) in [6.45, 7) is 2.72. The van der Waals surface area contributed by atoms with Crippen molar-refractivity contribution in [2.75, 3.05) is 12.1 Å². The Bertz CT molecular complexity index is 2340. The van der Waals surface area contributed by atoms with Crippen molar-refractivity contribution >= 4 is 75.5 Å². The van der Waals surface area contributed by atoms with Crippen LogP contribution in [0.1, 0.15) is 12.5 Å². The van der Waals surface area contributed by atoms with Crippen LogP contribution in [0.3, 0.4) is 0 Å². The Morgan fingerprint density at radius 3 is 1.91 bits per heavy atom. The second-order valence-electron chi connectivity index (χ2n) is 9.64. The maximum absolute atomic E-state index is 12.3. The van der Waals surface area contributed by atoms with E-state index in [9.17, 15) is 53.9 Å². The summed E-state index contributed by atoms with van der Waals surface area (Å²) in [5.41, 5.74) is 1.43. The minimum absolute atomic E-state index is 0.0770. The van der Waals surface area contributed by atoms with Crippen LogP contribution in [-0.2, 0) is 35.1 Å². The van der Waals surface area contributed by atoms with Gasteiger partial charge in [0.2, 0.25) is 5.91 Å². The van der Waals surface area contributed by atoms with Gasteiger partial charge < -0.3 is 10.2 Å². The first-order chi connectivity index (χ1) is 21.7. The van der Waals surface area contributed by atoms with E-state index in [4.69, 9.17) is 0 Å². The molecule has 0 aliphatic rings. The number of benzene rings is 4. The Labute approximate surface area is 266 Å². The van der Waals surface area contributed by atoms with Gasteiger partial charge in [-0.2, -0.15) is 30.4 Å². The molecule has 6 N–H and O–H groups in total. The number of nitrogens with zero attached hydrogens (tertiary/aromatic N) is 5. The molecule has 248 valence electrons. The van der Waals surface area contributed by atoms with Crippen molar-refractivity contribution in [3.05, 3.63) is 60.2 Å². The zero-order chi connectivity index (χ0) is 35.1. The zero-order valence-electron chi connectivity index (χ0n) is 24.3. The SMILES string of the molecule is CNN(C(C)=O)c1ccc2c(O)c(N=Nc3cc(C)c(N=Nc4cc(S(=O)(=O)O)ccc4S(=O)(=O)O)cc3O)c(S(=O)(=O)O)cc2c1. The Hall–Kier alpha value is -4.90. The highest BCUT2D eigenvalue weighted by atomic mass is 32.2. The average molecular weight is 709 g/mol. The molecule has 1 amide bonds. The quantitative estimate of drug-likeness (QED) is 0.0787. The summed E-state index contributed by atoms with van der Waals surface area (Å²) >= 11 is 0. The van der Waals surface area contributed by atoms with E-state index in [-0.39, 0.29) is 27.7 Å². The van der Waals surface area contributed by atoms with E-state index in [0.29, 0.717) is 17.8 Å². The summed E-state index contributed by atoms with van der Waals surface area (Å²) in [4.78, 5) is 9.49. The minimum atomic E-state index is -5.01. The number of phenols is 2. The molecule has 0 heterocycles. The number of nitrogens with one attached hydrogen (secondary N) is 1. The highest BCUT2D eigenvalue weighted by Gasteiger charge is 2.24. The van der Waals surface area contributed by atoms with Gasteiger partial charge in [0.05, 0.1) is 16.3 Å². The van der Waals surface area contributed by atoms with E-state index in [1.54, 1.807) is 0 Å². The fourth-order valence-corrected chi connectivity index (χ4v) is 6.03. The number of fused-ring (bicyclic) bond motifs is 1. The van der Waals surface area contributed by atoms with Gasteiger partial charge in [-0.05, 0) is 66.4 Å². The second-order valence-corrected chi connectivity index (χ2v) is 13.8. The monoisotopic (exact) mass is 708 g/mol. The van der Waals surface area contributed by atoms with Crippen LogP contribution in [0.15, 0.2) is 89.7 Å². The number of amides is 1. The zero-order valence-corrected chi connectivity index (χ0v) is 26.7. The predicted octanol–water partition coefficient (Wildman–Crippen LogP) is 4.62. The number of phenolic OH excluding ortho intramolecular Hbond substituents is 2. The number of carbonyl (C=O) groups excluding carboxylic acids is 1. The molecule has 18 nitrogen and oxygen atoms in total. The molecular weight excluding hydrogens is 685 g/mol. The number of aryl methyl sites for hydroxylation is 1. The van der Waals surface area contributed by atoms with E-state index < -0.39 is 73.8 Å². The van der Waals surface area contributed by atoms with E-state index in [1.807, 2.05) is 0 Å². The van der Waals surface area contributed by atoms with Crippen molar-refractivity contribution in [1.82, 2.24) is 5.43 Å². The Morgan fingerprint density at radius 2 is 1.34 bits per heavy atom. The summed E-state index contributed by atoms with van der Waals surface area (Å²) in [5, 5.41) is 37.8. The van der Waals surface area contributed by atoms with Crippen molar-refractivity contribution < 1.29 is 53.9 Å². The van der Waals surface area contributed by atoms with Gasteiger partial charge in [-0.1, -0.05) is 0 Å². The van der Waals surface area contributed by atoms with Gasteiger partial charge >= 0.3 is 0 Å². The van der Waals surface area contributed by atoms with Gasteiger partial charge in [0.15, 0.2) is 5.75 Å². The maximum atomic E-state index is 12.3. The van der Waals surface area contributed by atoms with Gasteiger partial charge in [0.1, 0.15) is 32.6 Å². The van der Waals surface area contributed by atoms with Gasteiger partial charge in [-0.15, -0.1) is 15.3 Å². The van der Waals surface area contributed by atoms with Gasteiger partial charge in [-0.3, -0.25) is 18.5 Å². The normalized spacial score (nSPS) is 12.7. The number of carbonyl (C=O) groups is 1. The van der Waals surface area contributed by atoms with E-state index in [0.717, 1.165) is 23.2 Å². The van der Waals surface area contributed by atoms with E-state index in [2.05, 4.69) is 25.9 Å². The number of hydrogen-bond acceptors (Lipinski definition) is 14. The largest absolute Gasteiger partial charge is 0.506 e. The molecule has 21 heteroatoms.